The van der Waals surface area contributed by atoms with Gasteiger partial charge in [-0.25, -0.2) is 0 Å². The summed E-state index contributed by atoms with van der Waals surface area (Å²) in [6, 6.07) is 11.4. The summed E-state index contributed by atoms with van der Waals surface area (Å²) in [6.07, 6.45) is 1.59. The minimum Gasteiger partial charge on any atom is -0.497 e. The highest BCUT2D eigenvalue weighted by atomic mass is 32.1. The van der Waals surface area contributed by atoms with Crippen molar-refractivity contribution in [2.75, 3.05) is 30.8 Å². The van der Waals surface area contributed by atoms with E-state index in [-0.39, 0.29) is 12.2 Å². The lowest BCUT2D eigenvalue weighted by Crippen LogP contribution is -2.21. The molecule has 150 valence electrons. The van der Waals surface area contributed by atoms with E-state index in [9.17, 15) is 4.79 Å². The fraction of sp³-hybridized carbons (Fsp3) is 0.350. The van der Waals surface area contributed by atoms with Gasteiger partial charge in [0.25, 0.3) is 0 Å². The van der Waals surface area contributed by atoms with E-state index < -0.39 is 0 Å². The number of hydrogen-bond acceptors (Lipinski definition) is 9. The summed E-state index contributed by atoms with van der Waals surface area (Å²) < 4.78 is 5.20. The van der Waals surface area contributed by atoms with Gasteiger partial charge in [-0.2, -0.15) is 5.10 Å². The summed E-state index contributed by atoms with van der Waals surface area (Å²) in [7, 11) is 1.62. The Morgan fingerprint density at radius 3 is 2.83 bits per heavy atom. The standard InChI is InChI=1S/C20H22N6O2S/c1-28-17-4-2-3-13(10-17)9-16(27)11-15-5-6-18(23-22-15)26-8-7-14(12-26)19-24-25-20(21)29-19/h2-6,10,14H,7-9,11-12H2,1H3,(H2,21,25). The summed E-state index contributed by atoms with van der Waals surface area (Å²) in [5, 5.41) is 18.1. The highest BCUT2D eigenvalue weighted by molar-refractivity contribution is 7.15. The first-order valence-corrected chi connectivity index (χ1v) is 10.2. The molecule has 1 aromatic carbocycles. The molecule has 29 heavy (non-hydrogen) atoms. The molecule has 1 aliphatic heterocycles. The highest BCUT2D eigenvalue weighted by Gasteiger charge is 2.27. The Morgan fingerprint density at radius 1 is 1.21 bits per heavy atom. The first kappa shape index (κ1) is 19.3. The number of carbonyl (C=O) groups excluding carboxylic acids is 1. The van der Waals surface area contributed by atoms with Gasteiger partial charge in [0, 0.05) is 25.4 Å². The lowest BCUT2D eigenvalue weighted by Gasteiger charge is -2.16. The summed E-state index contributed by atoms with van der Waals surface area (Å²) in [5.41, 5.74) is 7.29. The maximum absolute atomic E-state index is 12.4. The van der Waals surface area contributed by atoms with E-state index in [0.29, 0.717) is 23.2 Å². The number of ether oxygens (including phenoxy) is 1. The van der Waals surface area contributed by atoms with Gasteiger partial charge in [0.1, 0.15) is 16.5 Å². The van der Waals surface area contributed by atoms with E-state index >= 15 is 0 Å². The number of methoxy groups -OCH3 is 1. The Kier molecular flexibility index (Phi) is 5.66. The average Bonchev–Trinajstić information content (AvgIpc) is 3.38. The molecule has 1 fully saturated rings. The van der Waals surface area contributed by atoms with E-state index in [4.69, 9.17) is 10.5 Å². The van der Waals surface area contributed by atoms with Gasteiger partial charge >= 0.3 is 0 Å². The third-order valence-corrected chi connectivity index (χ3v) is 5.85. The zero-order chi connectivity index (χ0) is 20.2. The molecule has 0 bridgehead atoms. The average molecular weight is 411 g/mol. The van der Waals surface area contributed by atoms with Gasteiger partial charge in [0.2, 0.25) is 5.13 Å². The van der Waals surface area contributed by atoms with Crippen LogP contribution in [0.15, 0.2) is 36.4 Å². The SMILES string of the molecule is COc1cccc(CC(=O)Cc2ccc(N3CCC(c4nnc(N)s4)C3)nn2)c1. The Labute approximate surface area is 172 Å². The van der Waals surface area contributed by atoms with Crippen LogP contribution in [0, 0.1) is 0 Å². The van der Waals surface area contributed by atoms with E-state index in [1.807, 2.05) is 36.4 Å². The summed E-state index contributed by atoms with van der Waals surface area (Å²) >= 11 is 1.44. The molecule has 3 heterocycles. The van der Waals surface area contributed by atoms with E-state index in [2.05, 4.69) is 25.3 Å². The molecule has 3 aromatic rings. The number of benzene rings is 1. The molecule has 4 rings (SSSR count). The minimum absolute atomic E-state index is 0.0930. The molecule has 0 radical (unpaired) electrons. The number of nitrogens with two attached hydrogens (primary N) is 1. The topological polar surface area (TPSA) is 107 Å². The molecular formula is C20H22N6O2S. The number of rotatable bonds is 7. The predicted molar refractivity (Wildman–Crippen MR) is 111 cm³/mol. The zero-order valence-corrected chi connectivity index (χ0v) is 16.9. The first-order valence-electron chi connectivity index (χ1n) is 9.42. The van der Waals surface area contributed by atoms with Crippen molar-refractivity contribution in [1.82, 2.24) is 20.4 Å². The number of Topliss-reactive ketones (excluding diaryl/α,β-unsaturated/α-hetero) is 1. The van der Waals surface area contributed by atoms with Crippen molar-refractivity contribution >= 4 is 28.1 Å². The number of nitrogens with zero attached hydrogens (tertiary/aromatic N) is 5. The van der Waals surface area contributed by atoms with Gasteiger partial charge in [-0.05, 0) is 36.2 Å². The largest absolute Gasteiger partial charge is 0.497 e. The Morgan fingerprint density at radius 2 is 2.10 bits per heavy atom. The number of ketones is 1. The number of aromatic nitrogens is 4. The molecule has 8 nitrogen and oxygen atoms in total. The van der Waals surface area contributed by atoms with E-state index in [0.717, 1.165) is 41.6 Å². The van der Waals surface area contributed by atoms with Gasteiger partial charge in [-0.15, -0.1) is 15.3 Å². The lowest BCUT2D eigenvalue weighted by atomic mass is 10.1. The molecule has 1 saturated heterocycles. The second-order valence-corrected chi connectivity index (χ2v) is 8.08. The van der Waals surface area contributed by atoms with Crippen LogP contribution < -0.4 is 15.4 Å². The number of nitrogen functional groups attached to an aromatic ring is 1. The second-order valence-electron chi connectivity index (χ2n) is 7.04. The summed E-state index contributed by atoms with van der Waals surface area (Å²) in [6.45, 7) is 1.70. The van der Waals surface area contributed by atoms with Gasteiger partial charge in [0.15, 0.2) is 5.82 Å². The van der Waals surface area contributed by atoms with Crippen LogP contribution in [-0.4, -0.2) is 46.4 Å². The number of hydrogen-bond donors (Lipinski definition) is 1. The van der Waals surface area contributed by atoms with Gasteiger partial charge < -0.3 is 15.4 Å². The highest BCUT2D eigenvalue weighted by Crippen LogP contribution is 2.31. The molecule has 0 amide bonds. The predicted octanol–water partition coefficient (Wildman–Crippen LogP) is 2.27. The van der Waals surface area contributed by atoms with Crippen LogP contribution in [0.1, 0.15) is 28.6 Å². The number of anilines is 2. The van der Waals surface area contributed by atoms with Crippen LogP contribution in [0.2, 0.25) is 0 Å². The third-order valence-electron chi connectivity index (χ3n) is 4.94. The normalized spacial score (nSPS) is 16.2. The van der Waals surface area contributed by atoms with Crippen molar-refractivity contribution in [3.05, 3.63) is 52.7 Å². The van der Waals surface area contributed by atoms with Crippen molar-refractivity contribution in [3.8, 4) is 5.75 Å². The quantitative estimate of drug-likeness (QED) is 0.632. The third kappa shape index (κ3) is 4.68. The van der Waals surface area contributed by atoms with Crippen molar-refractivity contribution in [2.24, 2.45) is 0 Å². The zero-order valence-electron chi connectivity index (χ0n) is 16.1. The Bertz CT molecular complexity index is 991. The Balaban J connectivity index is 1.33. The molecule has 1 unspecified atom stereocenters. The molecule has 1 aliphatic rings. The fourth-order valence-corrected chi connectivity index (χ4v) is 4.21. The van der Waals surface area contributed by atoms with Gasteiger partial charge in [0.05, 0.1) is 19.2 Å². The molecular weight excluding hydrogens is 388 g/mol. The molecule has 1 atom stereocenters. The number of carbonyl (C=O) groups is 1. The van der Waals surface area contributed by atoms with E-state index in [1.165, 1.54) is 11.3 Å². The van der Waals surface area contributed by atoms with Crippen LogP contribution in [0.5, 0.6) is 5.75 Å². The Hall–Kier alpha value is -3.07. The fourth-order valence-electron chi connectivity index (χ4n) is 3.47. The van der Waals surface area contributed by atoms with Crippen LogP contribution in [0.3, 0.4) is 0 Å². The smallest absolute Gasteiger partial charge is 0.203 e. The summed E-state index contributed by atoms with van der Waals surface area (Å²) in [4.78, 5) is 14.6. The summed E-state index contributed by atoms with van der Waals surface area (Å²) in [5.74, 6) is 1.97. The maximum atomic E-state index is 12.4. The molecule has 0 spiro atoms. The van der Waals surface area contributed by atoms with Crippen LogP contribution >= 0.6 is 11.3 Å². The van der Waals surface area contributed by atoms with Crippen LogP contribution in [-0.2, 0) is 17.6 Å². The molecule has 2 N–H and O–H groups in total. The molecule has 2 aromatic heterocycles. The van der Waals surface area contributed by atoms with Crippen LogP contribution in [0.25, 0.3) is 0 Å². The van der Waals surface area contributed by atoms with E-state index in [1.54, 1.807) is 7.11 Å². The maximum Gasteiger partial charge on any atom is 0.203 e. The minimum atomic E-state index is 0.0930. The van der Waals surface area contributed by atoms with Crippen molar-refractivity contribution in [3.63, 3.8) is 0 Å². The lowest BCUT2D eigenvalue weighted by molar-refractivity contribution is -0.117. The second kappa shape index (κ2) is 8.52. The van der Waals surface area contributed by atoms with Gasteiger partial charge in [-0.1, -0.05) is 23.5 Å². The van der Waals surface area contributed by atoms with Gasteiger partial charge in [-0.3, -0.25) is 4.79 Å². The van der Waals surface area contributed by atoms with Crippen molar-refractivity contribution in [1.29, 1.82) is 0 Å². The van der Waals surface area contributed by atoms with Crippen molar-refractivity contribution < 1.29 is 9.53 Å². The molecule has 0 aliphatic carbocycles. The first-order chi connectivity index (χ1) is 14.1. The van der Waals surface area contributed by atoms with Crippen molar-refractivity contribution in [2.45, 2.75) is 25.2 Å². The monoisotopic (exact) mass is 410 g/mol. The molecule has 0 saturated carbocycles. The molecule has 9 heteroatoms. The van der Waals surface area contributed by atoms with Crippen LogP contribution in [0.4, 0.5) is 10.9 Å².